The number of halogens is 1. The number of imide groups is 1. The first-order valence-electron chi connectivity index (χ1n) is 10.2. The van der Waals surface area contributed by atoms with Crippen LogP contribution in [-0.4, -0.2) is 68.0 Å². The highest BCUT2D eigenvalue weighted by Crippen LogP contribution is 2.42. The van der Waals surface area contributed by atoms with Crippen molar-refractivity contribution in [3.8, 4) is 5.75 Å². The molecule has 2 amide bonds. The molecule has 0 radical (unpaired) electrons. The van der Waals surface area contributed by atoms with Crippen LogP contribution in [0.25, 0.3) is 0 Å². The molecule has 1 aliphatic carbocycles. The number of carbonyl (C=O) groups is 2. The smallest absolute Gasteiger partial charge is 0.233 e. The molecule has 0 N–H and O–H groups in total. The van der Waals surface area contributed by atoms with E-state index in [2.05, 4.69) is 9.80 Å². The van der Waals surface area contributed by atoms with E-state index in [1.165, 1.54) is 17.0 Å². The number of amides is 2. The van der Waals surface area contributed by atoms with Gasteiger partial charge in [0.25, 0.3) is 0 Å². The molecule has 0 aromatic heterocycles. The second kappa shape index (κ2) is 8.07. The van der Waals surface area contributed by atoms with E-state index in [1.807, 2.05) is 0 Å². The monoisotopic (exact) mass is 389 g/mol. The van der Waals surface area contributed by atoms with Gasteiger partial charge in [0.05, 0.1) is 18.7 Å². The third-order valence-corrected chi connectivity index (χ3v) is 6.18. The quantitative estimate of drug-likeness (QED) is 0.669. The van der Waals surface area contributed by atoms with Gasteiger partial charge < -0.3 is 9.64 Å². The Kier molecular flexibility index (Phi) is 5.53. The van der Waals surface area contributed by atoms with Crippen LogP contribution in [0.3, 0.4) is 0 Å². The fourth-order valence-corrected chi connectivity index (χ4v) is 4.39. The zero-order valence-corrected chi connectivity index (χ0v) is 16.4. The lowest BCUT2D eigenvalue weighted by atomic mass is 10.0. The number of likely N-dealkylation sites (tertiary alicyclic amines) is 1. The summed E-state index contributed by atoms with van der Waals surface area (Å²) in [7, 11) is 1.60. The number of hydrogen-bond donors (Lipinski definition) is 0. The van der Waals surface area contributed by atoms with E-state index >= 15 is 0 Å². The molecule has 28 heavy (non-hydrogen) atoms. The van der Waals surface area contributed by atoms with Crippen LogP contribution < -0.4 is 9.64 Å². The minimum atomic E-state index is -0.261. The first kappa shape index (κ1) is 19.2. The van der Waals surface area contributed by atoms with E-state index in [4.69, 9.17) is 4.74 Å². The van der Waals surface area contributed by atoms with Gasteiger partial charge >= 0.3 is 0 Å². The molecular weight excluding hydrogens is 361 g/mol. The largest absolute Gasteiger partial charge is 0.495 e. The SMILES string of the molecule is COc1ccc(F)cc1N1CCN(CCCN2C(=O)CC(C3CC3)C2=O)CC1. The molecule has 1 aromatic carbocycles. The van der Waals surface area contributed by atoms with Gasteiger partial charge in [0.15, 0.2) is 0 Å². The summed E-state index contributed by atoms with van der Waals surface area (Å²) in [6.07, 6.45) is 3.41. The summed E-state index contributed by atoms with van der Waals surface area (Å²) in [4.78, 5) is 30.5. The maximum Gasteiger partial charge on any atom is 0.233 e. The van der Waals surface area contributed by atoms with Crippen LogP contribution in [0, 0.1) is 17.7 Å². The zero-order chi connectivity index (χ0) is 19.7. The lowest BCUT2D eigenvalue weighted by Gasteiger charge is -2.36. The third kappa shape index (κ3) is 3.99. The Labute approximate surface area is 165 Å². The Balaban J connectivity index is 1.24. The Hall–Kier alpha value is -2.15. The Morgan fingerprint density at radius 2 is 1.86 bits per heavy atom. The molecule has 1 unspecified atom stereocenters. The second-order valence-electron chi connectivity index (χ2n) is 8.03. The molecule has 3 aliphatic rings. The van der Waals surface area contributed by atoms with Gasteiger partial charge in [-0.25, -0.2) is 4.39 Å². The first-order chi connectivity index (χ1) is 13.6. The highest BCUT2D eigenvalue weighted by molar-refractivity contribution is 6.03. The van der Waals surface area contributed by atoms with Gasteiger partial charge in [-0.2, -0.15) is 0 Å². The predicted octanol–water partition coefficient (Wildman–Crippen LogP) is 2.13. The van der Waals surface area contributed by atoms with E-state index in [1.54, 1.807) is 13.2 Å². The lowest BCUT2D eigenvalue weighted by Crippen LogP contribution is -2.47. The zero-order valence-electron chi connectivity index (χ0n) is 16.4. The van der Waals surface area contributed by atoms with Crippen LogP contribution in [0.4, 0.5) is 10.1 Å². The van der Waals surface area contributed by atoms with Crippen LogP contribution in [0.1, 0.15) is 25.7 Å². The second-order valence-corrected chi connectivity index (χ2v) is 8.03. The number of hydrogen-bond acceptors (Lipinski definition) is 5. The van der Waals surface area contributed by atoms with Gasteiger partial charge in [0.2, 0.25) is 11.8 Å². The van der Waals surface area contributed by atoms with Crippen LogP contribution in [0.2, 0.25) is 0 Å². The Morgan fingerprint density at radius 1 is 1.11 bits per heavy atom. The number of ether oxygens (including phenoxy) is 1. The summed E-state index contributed by atoms with van der Waals surface area (Å²) < 4.78 is 19.0. The minimum Gasteiger partial charge on any atom is -0.495 e. The summed E-state index contributed by atoms with van der Waals surface area (Å²) in [5.74, 6) is 0.890. The van der Waals surface area contributed by atoms with Crippen LogP contribution >= 0.6 is 0 Å². The van der Waals surface area contributed by atoms with Crippen molar-refractivity contribution in [2.45, 2.75) is 25.7 Å². The molecule has 0 spiro atoms. The standard InChI is InChI=1S/C21H28FN3O3/c1-28-19-6-5-16(22)13-18(19)24-11-9-23(10-12-24)7-2-8-25-20(26)14-17(21(25)27)15-3-4-15/h5-6,13,15,17H,2-4,7-12,14H2,1H3. The Bertz CT molecular complexity index is 744. The van der Waals surface area contributed by atoms with Gasteiger partial charge in [0, 0.05) is 45.2 Å². The number of benzene rings is 1. The van der Waals surface area contributed by atoms with Crippen molar-refractivity contribution in [2.24, 2.45) is 11.8 Å². The van der Waals surface area contributed by atoms with Gasteiger partial charge in [-0.15, -0.1) is 0 Å². The number of nitrogens with zero attached hydrogens (tertiary/aromatic N) is 3. The first-order valence-corrected chi connectivity index (χ1v) is 10.2. The van der Waals surface area contributed by atoms with Crippen molar-refractivity contribution in [3.05, 3.63) is 24.0 Å². The molecule has 0 bridgehead atoms. The molecule has 1 aromatic rings. The molecule has 1 atom stereocenters. The minimum absolute atomic E-state index is 0.00455. The fourth-order valence-electron chi connectivity index (χ4n) is 4.39. The van der Waals surface area contributed by atoms with Gasteiger partial charge in [-0.1, -0.05) is 0 Å². The van der Waals surface area contributed by atoms with Crippen molar-refractivity contribution >= 4 is 17.5 Å². The Morgan fingerprint density at radius 3 is 2.54 bits per heavy atom. The van der Waals surface area contributed by atoms with E-state index in [0.717, 1.165) is 57.7 Å². The maximum absolute atomic E-state index is 13.6. The molecule has 4 rings (SSSR count). The summed E-state index contributed by atoms with van der Waals surface area (Å²) in [6, 6.07) is 4.60. The molecule has 7 heteroatoms. The van der Waals surface area contributed by atoms with Crippen LogP contribution in [0.15, 0.2) is 18.2 Å². The van der Waals surface area contributed by atoms with E-state index in [0.29, 0.717) is 24.6 Å². The number of methoxy groups -OCH3 is 1. The molecule has 152 valence electrons. The third-order valence-electron chi connectivity index (χ3n) is 6.18. The fraction of sp³-hybridized carbons (Fsp3) is 0.619. The van der Waals surface area contributed by atoms with Crippen molar-refractivity contribution in [2.75, 3.05) is 51.3 Å². The predicted molar refractivity (Wildman–Crippen MR) is 104 cm³/mol. The molecule has 6 nitrogen and oxygen atoms in total. The summed E-state index contributed by atoms with van der Waals surface area (Å²) >= 11 is 0. The highest BCUT2D eigenvalue weighted by Gasteiger charge is 2.46. The van der Waals surface area contributed by atoms with Crippen molar-refractivity contribution in [1.29, 1.82) is 0 Å². The highest BCUT2D eigenvalue weighted by atomic mass is 19.1. The topological polar surface area (TPSA) is 53.1 Å². The number of carbonyl (C=O) groups excluding carboxylic acids is 2. The maximum atomic E-state index is 13.6. The van der Waals surface area contributed by atoms with Gasteiger partial charge in [0.1, 0.15) is 11.6 Å². The normalized spacial score (nSPS) is 23.6. The number of rotatable bonds is 7. The molecule has 3 fully saturated rings. The molecule has 1 saturated carbocycles. The average molecular weight is 389 g/mol. The van der Waals surface area contributed by atoms with Crippen LogP contribution in [-0.2, 0) is 9.59 Å². The van der Waals surface area contributed by atoms with Gasteiger partial charge in [-0.05, 0) is 43.9 Å². The van der Waals surface area contributed by atoms with Crippen LogP contribution in [0.5, 0.6) is 5.75 Å². The van der Waals surface area contributed by atoms with E-state index in [-0.39, 0.29) is 23.5 Å². The molecular formula is C21H28FN3O3. The van der Waals surface area contributed by atoms with Crippen molar-refractivity contribution < 1.29 is 18.7 Å². The summed E-state index contributed by atoms with van der Waals surface area (Å²) in [5, 5.41) is 0. The summed E-state index contributed by atoms with van der Waals surface area (Å²) in [6.45, 7) is 4.72. The number of anilines is 1. The lowest BCUT2D eigenvalue weighted by molar-refractivity contribution is -0.139. The van der Waals surface area contributed by atoms with Crippen molar-refractivity contribution in [3.63, 3.8) is 0 Å². The van der Waals surface area contributed by atoms with E-state index < -0.39 is 0 Å². The summed E-state index contributed by atoms with van der Waals surface area (Å²) in [5.41, 5.74) is 0.793. The van der Waals surface area contributed by atoms with Gasteiger partial charge in [-0.3, -0.25) is 19.4 Å². The van der Waals surface area contributed by atoms with E-state index in [9.17, 15) is 14.0 Å². The molecule has 2 aliphatic heterocycles. The average Bonchev–Trinajstić information content (AvgIpc) is 3.50. The molecule has 2 heterocycles. The number of piperazine rings is 1. The molecule has 2 saturated heterocycles. The van der Waals surface area contributed by atoms with Crippen molar-refractivity contribution in [1.82, 2.24) is 9.80 Å².